The van der Waals surface area contributed by atoms with Crippen LogP contribution in [0, 0.1) is 6.92 Å². The zero-order chi connectivity index (χ0) is 29.6. The molecule has 2 N–H and O–H groups in total. The summed E-state index contributed by atoms with van der Waals surface area (Å²) in [6, 6.07) is 18.1. The number of nitrogens with two attached hydrogens (primary N) is 1. The van der Waals surface area contributed by atoms with E-state index in [0.717, 1.165) is 34.5 Å². The molecule has 1 aliphatic heterocycles. The molecule has 0 aromatic heterocycles. The Hall–Kier alpha value is -4.45. The first-order valence-corrected chi connectivity index (χ1v) is 13.5. The number of ether oxygens (including phenoxy) is 1. The van der Waals surface area contributed by atoms with Crippen LogP contribution in [0.2, 0.25) is 0 Å². The van der Waals surface area contributed by atoms with Crippen LogP contribution < -0.4 is 15.4 Å². The van der Waals surface area contributed by atoms with Crippen molar-refractivity contribution in [3.8, 4) is 5.75 Å². The average molecular weight is 581 g/mol. The molecule has 0 unspecified atom stereocenters. The Kier molecular flexibility index (Phi) is 9.23. The molecule has 1 fully saturated rings. The molecule has 12 heteroatoms. The zero-order valence-electron chi connectivity index (χ0n) is 22.5. The van der Waals surface area contributed by atoms with Gasteiger partial charge in [-0.3, -0.25) is 9.69 Å². The number of carbonyl (C=O) groups excluding carboxylic acids is 1. The summed E-state index contributed by atoms with van der Waals surface area (Å²) >= 11 is 1.35. The van der Waals surface area contributed by atoms with Crippen molar-refractivity contribution in [3.63, 3.8) is 0 Å². The van der Waals surface area contributed by atoms with Gasteiger partial charge in [-0.1, -0.05) is 68.1 Å². The SMILES string of the molecule is Cc1cccc(C(C)C)c1N1C(=O)CS/C1=N\N=C\c1ccc(C(N)=NC=Nc2ccc(OC(F)(F)F)cc2)cc1. The second kappa shape index (κ2) is 12.8. The number of thioether (sulfide) groups is 1. The fourth-order valence-electron chi connectivity index (χ4n) is 3.96. The number of hydrogen-bond acceptors (Lipinski definition) is 6. The van der Waals surface area contributed by atoms with Gasteiger partial charge in [0.15, 0.2) is 5.17 Å². The first-order chi connectivity index (χ1) is 19.5. The lowest BCUT2D eigenvalue weighted by Crippen LogP contribution is -2.31. The highest BCUT2D eigenvalue weighted by Gasteiger charge is 2.33. The summed E-state index contributed by atoms with van der Waals surface area (Å²) in [5.41, 5.74) is 10.8. The average Bonchev–Trinajstić information content (AvgIpc) is 3.28. The van der Waals surface area contributed by atoms with Gasteiger partial charge in [-0.15, -0.1) is 18.3 Å². The molecule has 1 heterocycles. The first-order valence-electron chi connectivity index (χ1n) is 12.5. The van der Waals surface area contributed by atoms with Crippen molar-refractivity contribution in [2.45, 2.75) is 33.1 Å². The first kappa shape index (κ1) is 29.5. The number of para-hydroxylation sites is 1. The predicted octanol–water partition coefficient (Wildman–Crippen LogP) is 6.55. The van der Waals surface area contributed by atoms with Crippen LogP contribution in [0.5, 0.6) is 5.75 Å². The highest BCUT2D eigenvalue weighted by Crippen LogP contribution is 2.36. The standard InChI is InChI=1S/C29H27F3N6O2S/c1-18(2)24-6-4-5-19(3)26(24)38-25(39)16-41-28(38)37-36-15-20-7-9-21(10-8-20)27(33)35-17-34-22-11-13-23(14-12-22)40-29(30,31)32/h4-15,17-18H,16H2,1-3H3,(H2,33,34,35)/b36-15+,37-28-. The highest BCUT2D eigenvalue weighted by molar-refractivity contribution is 8.15. The second-order valence-electron chi connectivity index (χ2n) is 9.24. The van der Waals surface area contributed by atoms with E-state index in [1.165, 1.54) is 30.2 Å². The van der Waals surface area contributed by atoms with Gasteiger partial charge in [0.25, 0.3) is 0 Å². The molecule has 1 saturated heterocycles. The van der Waals surface area contributed by atoms with E-state index >= 15 is 0 Å². The van der Waals surface area contributed by atoms with Gasteiger partial charge in [0.05, 0.1) is 23.3 Å². The number of nitrogens with zero attached hydrogens (tertiary/aromatic N) is 5. The van der Waals surface area contributed by atoms with Crippen LogP contribution in [-0.2, 0) is 4.79 Å². The third-order valence-electron chi connectivity index (χ3n) is 5.91. The van der Waals surface area contributed by atoms with Gasteiger partial charge in [0, 0.05) is 5.56 Å². The lowest BCUT2D eigenvalue weighted by molar-refractivity contribution is -0.274. The zero-order valence-corrected chi connectivity index (χ0v) is 23.3. The summed E-state index contributed by atoms with van der Waals surface area (Å²) < 4.78 is 40.6. The smallest absolute Gasteiger partial charge is 0.406 e. The molecule has 41 heavy (non-hydrogen) atoms. The quantitative estimate of drug-likeness (QED) is 0.185. The van der Waals surface area contributed by atoms with Crippen LogP contribution >= 0.6 is 11.8 Å². The Balaban J connectivity index is 1.42. The van der Waals surface area contributed by atoms with E-state index in [1.54, 1.807) is 35.4 Å². The van der Waals surface area contributed by atoms with E-state index in [-0.39, 0.29) is 23.4 Å². The van der Waals surface area contributed by atoms with Crippen molar-refractivity contribution < 1.29 is 22.7 Å². The molecule has 0 spiro atoms. The van der Waals surface area contributed by atoms with Gasteiger partial charge in [-0.25, -0.2) is 9.98 Å². The van der Waals surface area contributed by atoms with E-state index in [9.17, 15) is 18.0 Å². The number of carbonyl (C=O) groups is 1. The molecule has 0 atom stereocenters. The lowest BCUT2D eigenvalue weighted by Gasteiger charge is -2.23. The maximum absolute atomic E-state index is 12.8. The van der Waals surface area contributed by atoms with Crippen LogP contribution in [-0.4, -0.2) is 41.6 Å². The van der Waals surface area contributed by atoms with Crippen LogP contribution in [0.1, 0.15) is 42.0 Å². The summed E-state index contributed by atoms with van der Waals surface area (Å²) in [5.74, 6) is 0.366. The Bertz CT molecular complexity index is 1510. The summed E-state index contributed by atoms with van der Waals surface area (Å²) in [4.78, 5) is 22.6. The molecule has 0 aliphatic carbocycles. The molecular weight excluding hydrogens is 553 g/mol. The maximum atomic E-state index is 12.8. The Labute approximate surface area is 239 Å². The molecule has 1 amide bonds. The van der Waals surface area contributed by atoms with Gasteiger partial charge in [-0.2, -0.15) is 5.10 Å². The van der Waals surface area contributed by atoms with Gasteiger partial charge in [0.2, 0.25) is 5.91 Å². The van der Waals surface area contributed by atoms with Crippen molar-refractivity contribution in [1.82, 2.24) is 0 Å². The van der Waals surface area contributed by atoms with Crippen molar-refractivity contribution in [1.29, 1.82) is 0 Å². The minimum Gasteiger partial charge on any atom is -0.406 e. The van der Waals surface area contributed by atoms with Crippen molar-refractivity contribution in [3.05, 3.63) is 89.0 Å². The number of benzene rings is 3. The summed E-state index contributed by atoms with van der Waals surface area (Å²) in [6.07, 6.45) is -1.96. The van der Waals surface area contributed by atoms with Crippen LogP contribution in [0.3, 0.4) is 0 Å². The third kappa shape index (κ3) is 7.82. The van der Waals surface area contributed by atoms with Crippen LogP contribution in [0.25, 0.3) is 0 Å². The second-order valence-corrected chi connectivity index (χ2v) is 10.2. The summed E-state index contributed by atoms with van der Waals surface area (Å²) in [6.45, 7) is 6.16. The number of rotatable bonds is 8. The number of alkyl halides is 3. The number of hydrogen-bond donors (Lipinski definition) is 1. The van der Waals surface area contributed by atoms with Crippen molar-refractivity contribution in [2.24, 2.45) is 25.9 Å². The number of anilines is 1. The Morgan fingerprint density at radius 2 is 1.78 bits per heavy atom. The number of aryl methyl sites for hydroxylation is 1. The number of amidine groups is 2. The maximum Gasteiger partial charge on any atom is 0.573 e. The topological polar surface area (TPSA) is 105 Å². The lowest BCUT2D eigenvalue weighted by atomic mass is 9.97. The summed E-state index contributed by atoms with van der Waals surface area (Å²) in [5, 5.41) is 9.08. The predicted molar refractivity (Wildman–Crippen MR) is 159 cm³/mol. The van der Waals surface area contributed by atoms with E-state index in [2.05, 4.69) is 38.8 Å². The van der Waals surface area contributed by atoms with Crippen LogP contribution in [0.15, 0.2) is 86.9 Å². The number of aliphatic imine (C=N–C) groups is 2. The minimum atomic E-state index is -4.76. The van der Waals surface area contributed by atoms with E-state index in [0.29, 0.717) is 22.2 Å². The fraction of sp³-hybridized carbons (Fsp3) is 0.207. The van der Waals surface area contributed by atoms with E-state index < -0.39 is 6.36 Å². The monoisotopic (exact) mass is 580 g/mol. The largest absolute Gasteiger partial charge is 0.573 e. The van der Waals surface area contributed by atoms with Gasteiger partial charge < -0.3 is 10.5 Å². The minimum absolute atomic E-state index is 0.0321. The molecule has 0 bridgehead atoms. The molecular formula is C29H27F3N6O2S. The summed E-state index contributed by atoms with van der Waals surface area (Å²) in [7, 11) is 0. The van der Waals surface area contributed by atoms with Crippen molar-refractivity contribution >= 4 is 52.6 Å². The Morgan fingerprint density at radius 1 is 1.07 bits per heavy atom. The third-order valence-corrected chi connectivity index (χ3v) is 6.82. The molecule has 0 saturated carbocycles. The van der Waals surface area contributed by atoms with E-state index in [4.69, 9.17) is 5.73 Å². The molecule has 3 aromatic rings. The normalized spacial score (nSPS) is 15.7. The number of halogens is 3. The van der Waals surface area contributed by atoms with Gasteiger partial charge >= 0.3 is 6.36 Å². The van der Waals surface area contributed by atoms with E-state index in [1.807, 2.05) is 25.1 Å². The van der Waals surface area contributed by atoms with Gasteiger partial charge in [-0.05, 0) is 53.8 Å². The molecule has 212 valence electrons. The van der Waals surface area contributed by atoms with Crippen LogP contribution in [0.4, 0.5) is 24.5 Å². The molecule has 8 nitrogen and oxygen atoms in total. The van der Waals surface area contributed by atoms with Crippen molar-refractivity contribution in [2.75, 3.05) is 10.7 Å². The molecule has 3 aromatic carbocycles. The highest BCUT2D eigenvalue weighted by atomic mass is 32.2. The fourth-order valence-corrected chi connectivity index (χ4v) is 4.77. The molecule has 0 radical (unpaired) electrons. The number of amides is 1. The molecule has 4 rings (SSSR count). The Morgan fingerprint density at radius 3 is 2.44 bits per heavy atom. The molecule has 1 aliphatic rings. The van der Waals surface area contributed by atoms with Gasteiger partial charge in [0.1, 0.15) is 17.9 Å².